The molecule has 0 unspecified atom stereocenters. The van der Waals surface area contributed by atoms with Gasteiger partial charge in [-0.15, -0.1) is 15.8 Å². The average molecular weight is 190 g/mol. The molecule has 2 heteroatoms. The molecule has 11 heavy (non-hydrogen) atoms. The van der Waals surface area contributed by atoms with Crippen molar-refractivity contribution in [3.63, 3.8) is 0 Å². The first-order chi connectivity index (χ1) is 5.24. The van der Waals surface area contributed by atoms with Crippen molar-refractivity contribution in [2.75, 3.05) is 30.8 Å². The van der Waals surface area contributed by atoms with E-state index in [1.807, 2.05) is 0 Å². The minimum Gasteiger partial charge on any atom is -0.106 e. The van der Waals surface area contributed by atoms with Gasteiger partial charge in [0, 0.05) is 0 Å². The molecule has 1 fully saturated rings. The molecule has 0 saturated carbocycles. The van der Waals surface area contributed by atoms with E-state index in [9.17, 15) is 0 Å². The molecule has 0 aromatic carbocycles. The van der Waals surface area contributed by atoms with Crippen LogP contribution in [0.1, 0.15) is 20.8 Å². The van der Waals surface area contributed by atoms with Crippen molar-refractivity contribution >= 4 is 15.8 Å². The van der Waals surface area contributed by atoms with Crippen LogP contribution in [-0.2, 0) is 0 Å². The Morgan fingerprint density at radius 3 is 2.00 bits per heavy atom. The van der Waals surface area contributed by atoms with Crippen molar-refractivity contribution < 1.29 is 0 Å². The van der Waals surface area contributed by atoms with Crippen LogP contribution in [0.4, 0.5) is 0 Å². The fourth-order valence-electron chi connectivity index (χ4n) is 1.60. The summed E-state index contributed by atoms with van der Waals surface area (Å²) in [6.07, 6.45) is 7.85. The third kappa shape index (κ3) is 3.00. The Kier molecular flexibility index (Phi) is 4.32. The standard InChI is InChI=1S/C9H20P2/c1-4-10-5-7-11(8-6-10)9(2)3/h9H,4-8H2,1-3H3. The summed E-state index contributed by atoms with van der Waals surface area (Å²) in [5, 5.41) is 0. The molecule has 1 aliphatic rings. The van der Waals surface area contributed by atoms with Gasteiger partial charge in [0.15, 0.2) is 0 Å². The molecular weight excluding hydrogens is 170 g/mol. The molecule has 0 amide bonds. The van der Waals surface area contributed by atoms with Gasteiger partial charge in [0.2, 0.25) is 0 Å². The molecule has 0 atom stereocenters. The van der Waals surface area contributed by atoms with Crippen molar-refractivity contribution in [3.05, 3.63) is 0 Å². The van der Waals surface area contributed by atoms with Crippen molar-refractivity contribution in [3.8, 4) is 0 Å². The Bertz CT molecular complexity index is 104. The largest absolute Gasteiger partial charge is 0.106 e. The summed E-state index contributed by atoms with van der Waals surface area (Å²) >= 11 is 0. The van der Waals surface area contributed by atoms with Crippen molar-refractivity contribution in [2.45, 2.75) is 26.4 Å². The molecule has 1 aliphatic heterocycles. The van der Waals surface area contributed by atoms with Crippen LogP contribution in [0.25, 0.3) is 0 Å². The normalized spacial score (nSPS) is 32.7. The summed E-state index contributed by atoms with van der Waals surface area (Å²) in [6, 6.07) is 0. The van der Waals surface area contributed by atoms with E-state index in [-0.39, 0.29) is 0 Å². The molecule has 0 spiro atoms. The van der Waals surface area contributed by atoms with Gasteiger partial charge in [-0.1, -0.05) is 20.8 Å². The van der Waals surface area contributed by atoms with Gasteiger partial charge in [-0.2, -0.15) is 0 Å². The second-order valence-corrected chi connectivity index (χ2v) is 9.54. The predicted molar refractivity (Wildman–Crippen MR) is 59.0 cm³/mol. The Morgan fingerprint density at radius 2 is 1.64 bits per heavy atom. The highest BCUT2D eigenvalue weighted by Crippen LogP contribution is 2.52. The summed E-state index contributed by atoms with van der Waals surface area (Å²) in [7, 11) is 0.948. The van der Waals surface area contributed by atoms with Gasteiger partial charge in [0.1, 0.15) is 0 Å². The second kappa shape index (κ2) is 4.78. The van der Waals surface area contributed by atoms with Gasteiger partial charge in [-0.3, -0.25) is 0 Å². The van der Waals surface area contributed by atoms with E-state index in [0.29, 0.717) is 15.8 Å². The molecule has 1 rings (SSSR count). The highest BCUT2D eigenvalue weighted by atomic mass is 31.1. The van der Waals surface area contributed by atoms with E-state index in [1.54, 1.807) is 24.6 Å². The van der Waals surface area contributed by atoms with Crippen LogP contribution < -0.4 is 0 Å². The zero-order valence-electron chi connectivity index (χ0n) is 8.01. The molecule has 0 bridgehead atoms. The number of hydrogen-bond donors (Lipinski definition) is 0. The van der Waals surface area contributed by atoms with Gasteiger partial charge in [0.25, 0.3) is 0 Å². The summed E-state index contributed by atoms with van der Waals surface area (Å²) in [5.74, 6) is 0. The van der Waals surface area contributed by atoms with E-state index in [0.717, 1.165) is 5.66 Å². The maximum absolute atomic E-state index is 2.41. The van der Waals surface area contributed by atoms with Gasteiger partial charge in [-0.05, 0) is 36.5 Å². The van der Waals surface area contributed by atoms with Gasteiger partial charge in [-0.25, -0.2) is 0 Å². The zero-order valence-corrected chi connectivity index (χ0v) is 9.80. The highest BCUT2D eigenvalue weighted by molar-refractivity contribution is 7.65. The van der Waals surface area contributed by atoms with Crippen LogP contribution in [0.2, 0.25) is 0 Å². The van der Waals surface area contributed by atoms with Crippen LogP contribution >= 0.6 is 15.8 Å². The zero-order chi connectivity index (χ0) is 8.27. The molecule has 1 saturated heterocycles. The van der Waals surface area contributed by atoms with Gasteiger partial charge in [0.05, 0.1) is 0 Å². The lowest BCUT2D eigenvalue weighted by molar-refractivity contribution is 1.07. The molecule has 0 aromatic rings. The molecule has 0 N–H and O–H groups in total. The van der Waals surface area contributed by atoms with Crippen LogP contribution in [-0.4, -0.2) is 36.5 Å². The summed E-state index contributed by atoms with van der Waals surface area (Å²) in [5.41, 5.74) is 0.999. The summed E-state index contributed by atoms with van der Waals surface area (Å²) in [4.78, 5) is 0. The fraction of sp³-hybridized carbons (Fsp3) is 1.00. The predicted octanol–water partition coefficient (Wildman–Crippen LogP) is 3.39. The van der Waals surface area contributed by atoms with E-state index >= 15 is 0 Å². The monoisotopic (exact) mass is 190 g/mol. The maximum atomic E-state index is 2.41. The first-order valence-corrected chi connectivity index (χ1v) is 8.38. The first kappa shape index (κ1) is 9.94. The molecule has 0 aromatic heterocycles. The smallest absolute Gasteiger partial charge is 0.0266 e. The van der Waals surface area contributed by atoms with E-state index in [4.69, 9.17) is 0 Å². The lowest BCUT2D eigenvalue weighted by atomic mass is 10.6. The van der Waals surface area contributed by atoms with Crippen LogP contribution in [0, 0.1) is 0 Å². The Labute approximate surface area is 73.7 Å². The molecule has 0 radical (unpaired) electrons. The van der Waals surface area contributed by atoms with Crippen molar-refractivity contribution in [1.82, 2.24) is 0 Å². The third-order valence-corrected chi connectivity index (χ3v) is 8.95. The van der Waals surface area contributed by atoms with Crippen LogP contribution in [0.5, 0.6) is 0 Å². The van der Waals surface area contributed by atoms with E-state index in [2.05, 4.69) is 20.8 Å². The fourth-order valence-corrected chi connectivity index (χ4v) is 8.03. The second-order valence-electron chi connectivity index (χ2n) is 3.56. The molecule has 0 nitrogen and oxygen atoms in total. The average Bonchev–Trinajstić information content (AvgIpc) is 2.05. The molecular formula is C9H20P2. The molecule has 1 heterocycles. The van der Waals surface area contributed by atoms with Crippen LogP contribution in [0.3, 0.4) is 0 Å². The Hall–Kier alpha value is 0.860. The minimum atomic E-state index is 0.453. The van der Waals surface area contributed by atoms with Gasteiger partial charge < -0.3 is 0 Å². The lowest BCUT2D eigenvalue weighted by Gasteiger charge is -2.31. The maximum Gasteiger partial charge on any atom is -0.0266 e. The van der Waals surface area contributed by atoms with Crippen LogP contribution in [0.15, 0.2) is 0 Å². The summed E-state index contributed by atoms with van der Waals surface area (Å²) in [6.45, 7) is 7.19. The molecule has 66 valence electrons. The molecule has 0 aliphatic carbocycles. The summed E-state index contributed by atoms with van der Waals surface area (Å²) < 4.78 is 0. The SMILES string of the molecule is CCP1CCP(C(C)C)CC1. The number of rotatable bonds is 2. The van der Waals surface area contributed by atoms with Crippen molar-refractivity contribution in [1.29, 1.82) is 0 Å². The Balaban J connectivity index is 2.24. The minimum absolute atomic E-state index is 0.453. The van der Waals surface area contributed by atoms with E-state index < -0.39 is 0 Å². The quantitative estimate of drug-likeness (QED) is 0.585. The van der Waals surface area contributed by atoms with E-state index in [1.165, 1.54) is 6.16 Å². The Morgan fingerprint density at radius 1 is 1.09 bits per heavy atom. The third-order valence-electron chi connectivity index (χ3n) is 2.58. The van der Waals surface area contributed by atoms with Crippen molar-refractivity contribution in [2.24, 2.45) is 0 Å². The first-order valence-electron chi connectivity index (χ1n) is 4.70. The van der Waals surface area contributed by atoms with Gasteiger partial charge >= 0.3 is 0 Å². The topological polar surface area (TPSA) is 0 Å². The lowest BCUT2D eigenvalue weighted by Crippen LogP contribution is -2.13. The number of hydrogen-bond acceptors (Lipinski definition) is 0. The highest BCUT2D eigenvalue weighted by Gasteiger charge is 2.20.